The molecule has 88 valence electrons. The summed E-state index contributed by atoms with van der Waals surface area (Å²) in [6.07, 6.45) is 0.762. The van der Waals surface area contributed by atoms with Gasteiger partial charge in [-0.1, -0.05) is 6.07 Å². The van der Waals surface area contributed by atoms with Crippen molar-refractivity contribution in [2.24, 2.45) is 0 Å². The van der Waals surface area contributed by atoms with Crippen LogP contribution >= 0.6 is 0 Å². The topological polar surface area (TPSA) is 55.8 Å². The minimum absolute atomic E-state index is 0. The van der Waals surface area contributed by atoms with Gasteiger partial charge >= 0.3 is 24.8 Å². The van der Waals surface area contributed by atoms with Crippen LogP contribution in [0.4, 0.5) is 0 Å². The van der Waals surface area contributed by atoms with Crippen molar-refractivity contribution in [3.8, 4) is 11.5 Å². The van der Waals surface area contributed by atoms with Crippen LogP contribution in [0.3, 0.4) is 0 Å². The molecule has 0 bridgehead atoms. The molecule has 0 spiro atoms. The molecule has 5 heteroatoms. The van der Waals surface area contributed by atoms with Crippen LogP contribution < -0.4 is 28.3 Å². The van der Waals surface area contributed by atoms with E-state index in [1.165, 1.54) is 7.11 Å². The number of carboxylic acid groups (broad SMARTS) is 1. The molecular formula is C12H15LiO4. The Labute approximate surface area is 114 Å². The van der Waals surface area contributed by atoms with Gasteiger partial charge in [0.25, 0.3) is 0 Å². The molecule has 0 atom stereocenters. The largest absolute Gasteiger partial charge is 1.00 e. The minimum atomic E-state index is -1.01. The number of carboxylic acids is 1. The normalized spacial score (nSPS) is 15.5. The van der Waals surface area contributed by atoms with E-state index < -0.39 is 5.97 Å². The average Bonchev–Trinajstić information content (AvgIpc) is 2.49. The monoisotopic (exact) mass is 230 g/mol. The first-order valence-electron chi connectivity index (χ1n) is 5.07. The summed E-state index contributed by atoms with van der Waals surface area (Å²) in [6, 6.07) is 3.35. The van der Waals surface area contributed by atoms with Crippen LogP contribution in [0.25, 0.3) is 0 Å². The first-order valence-corrected chi connectivity index (χ1v) is 5.07. The Morgan fingerprint density at radius 3 is 2.71 bits per heavy atom. The number of benzene rings is 1. The second-order valence-electron chi connectivity index (χ2n) is 4.48. The maximum absolute atomic E-state index is 11.0. The molecule has 0 saturated heterocycles. The molecular weight excluding hydrogens is 215 g/mol. The SMILES string of the molecule is COc1c(C(=O)O)ccc2c1OC(C)(C)C2.[H-].[Li+]. The summed E-state index contributed by atoms with van der Waals surface area (Å²) in [5.41, 5.74) is 0.832. The Hall–Kier alpha value is -1.11. The van der Waals surface area contributed by atoms with Gasteiger partial charge in [-0.05, 0) is 19.9 Å². The minimum Gasteiger partial charge on any atom is -1.00 e. The number of carbonyl (C=O) groups is 1. The van der Waals surface area contributed by atoms with Crippen LogP contribution in [-0.4, -0.2) is 23.8 Å². The maximum atomic E-state index is 11.0. The number of fused-ring (bicyclic) bond motifs is 1. The third-order valence-electron chi connectivity index (χ3n) is 2.62. The molecule has 0 saturated carbocycles. The van der Waals surface area contributed by atoms with Crippen LogP contribution in [0.2, 0.25) is 0 Å². The Balaban J connectivity index is 0.00000144. The second-order valence-corrected chi connectivity index (χ2v) is 4.48. The van der Waals surface area contributed by atoms with E-state index in [1.54, 1.807) is 12.1 Å². The maximum Gasteiger partial charge on any atom is 1.00 e. The fourth-order valence-corrected chi connectivity index (χ4v) is 2.00. The van der Waals surface area contributed by atoms with Crippen molar-refractivity contribution >= 4 is 5.97 Å². The van der Waals surface area contributed by atoms with Crippen LogP contribution in [0.1, 0.15) is 31.2 Å². The van der Waals surface area contributed by atoms with Crippen molar-refractivity contribution in [2.45, 2.75) is 25.9 Å². The molecule has 0 fully saturated rings. The Bertz CT molecular complexity index is 460. The fourth-order valence-electron chi connectivity index (χ4n) is 2.00. The summed E-state index contributed by atoms with van der Waals surface area (Å²) < 4.78 is 10.9. The third-order valence-corrected chi connectivity index (χ3v) is 2.62. The zero-order valence-corrected chi connectivity index (χ0v) is 10.5. The van der Waals surface area contributed by atoms with Crippen LogP contribution in [-0.2, 0) is 6.42 Å². The van der Waals surface area contributed by atoms with Gasteiger partial charge < -0.3 is 16.0 Å². The van der Waals surface area contributed by atoms with Gasteiger partial charge in [0.05, 0.1) is 7.11 Å². The van der Waals surface area contributed by atoms with E-state index >= 15 is 0 Å². The number of ether oxygens (including phenoxy) is 2. The molecule has 1 aromatic carbocycles. The van der Waals surface area contributed by atoms with E-state index in [2.05, 4.69) is 0 Å². The standard InChI is InChI=1S/C12H14O4.Li.H/c1-12(2)6-7-4-5-8(11(13)14)10(15-3)9(7)16-12;;/h4-5H,6H2,1-3H3,(H,13,14);;/q;+1;-1. The zero-order chi connectivity index (χ0) is 11.9. The molecule has 0 unspecified atom stereocenters. The van der Waals surface area contributed by atoms with E-state index in [0.717, 1.165) is 12.0 Å². The van der Waals surface area contributed by atoms with Crippen molar-refractivity contribution in [1.82, 2.24) is 0 Å². The average molecular weight is 230 g/mol. The number of aromatic carboxylic acids is 1. The van der Waals surface area contributed by atoms with E-state index in [-0.39, 0.29) is 31.5 Å². The van der Waals surface area contributed by atoms with Crippen molar-refractivity contribution < 1.29 is 39.7 Å². The molecule has 17 heavy (non-hydrogen) atoms. The molecule has 1 aliphatic rings. The smallest absolute Gasteiger partial charge is 1.00 e. The van der Waals surface area contributed by atoms with Gasteiger partial charge in [0.2, 0.25) is 0 Å². The van der Waals surface area contributed by atoms with Crippen molar-refractivity contribution in [2.75, 3.05) is 7.11 Å². The fraction of sp³-hybridized carbons (Fsp3) is 0.417. The first kappa shape index (κ1) is 14.0. The molecule has 1 aliphatic heterocycles. The summed E-state index contributed by atoms with van der Waals surface area (Å²) in [5, 5.41) is 9.02. The predicted molar refractivity (Wildman–Crippen MR) is 59.5 cm³/mol. The molecule has 0 amide bonds. The van der Waals surface area contributed by atoms with E-state index in [9.17, 15) is 4.79 Å². The summed E-state index contributed by atoms with van der Waals surface area (Å²) in [6.45, 7) is 3.93. The summed E-state index contributed by atoms with van der Waals surface area (Å²) in [4.78, 5) is 11.0. The molecule has 0 radical (unpaired) electrons. The molecule has 2 rings (SSSR count). The number of rotatable bonds is 2. The van der Waals surface area contributed by atoms with Gasteiger partial charge in [0, 0.05) is 12.0 Å². The summed E-state index contributed by atoms with van der Waals surface area (Å²) in [7, 11) is 1.46. The van der Waals surface area contributed by atoms with Gasteiger partial charge in [-0.3, -0.25) is 0 Å². The molecule has 4 nitrogen and oxygen atoms in total. The number of methoxy groups -OCH3 is 1. The summed E-state index contributed by atoms with van der Waals surface area (Å²) in [5.74, 6) is -0.129. The van der Waals surface area contributed by atoms with Crippen LogP contribution in [0.5, 0.6) is 11.5 Å². The van der Waals surface area contributed by atoms with Crippen molar-refractivity contribution in [3.63, 3.8) is 0 Å². The van der Waals surface area contributed by atoms with Crippen molar-refractivity contribution in [1.29, 1.82) is 0 Å². The molecule has 1 heterocycles. The molecule has 1 aromatic rings. The quantitative estimate of drug-likeness (QED) is 0.677. The van der Waals surface area contributed by atoms with Gasteiger partial charge in [-0.15, -0.1) is 0 Å². The third kappa shape index (κ3) is 2.43. The molecule has 1 N–H and O–H groups in total. The van der Waals surface area contributed by atoms with E-state index in [4.69, 9.17) is 14.6 Å². The number of hydrogen-bond donors (Lipinski definition) is 1. The van der Waals surface area contributed by atoms with E-state index in [1.807, 2.05) is 13.8 Å². The number of hydrogen-bond acceptors (Lipinski definition) is 3. The Morgan fingerprint density at radius 2 is 2.18 bits per heavy atom. The Kier molecular flexibility index (Phi) is 3.80. The molecule has 0 aliphatic carbocycles. The van der Waals surface area contributed by atoms with Gasteiger partial charge in [0.1, 0.15) is 11.2 Å². The van der Waals surface area contributed by atoms with Gasteiger partial charge in [-0.25, -0.2) is 4.79 Å². The van der Waals surface area contributed by atoms with Gasteiger partial charge in [0.15, 0.2) is 11.5 Å². The van der Waals surface area contributed by atoms with Gasteiger partial charge in [-0.2, -0.15) is 0 Å². The van der Waals surface area contributed by atoms with Crippen molar-refractivity contribution in [3.05, 3.63) is 23.3 Å². The van der Waals surface area contributed by atoms with Crippen LogP contribution in [0, 0.1) is 0 Å². The van der Waals surface area contributed by atoms with Crippen LogP contribution in [0.15, 0.2) is 12.1 Å². The molecule has 0 aromatic heterocycles. The predicted octanol–water partition coefficient (Wildman–Crippen LogP) is -0.777. The van der Waals surface area contributed by atoms with E-state index in [0.29, 0.717) is 11.5 Å². The Morgan fingerprint density at radius 1 is 1.53 bits per heavy atom. The summed E-state index contributed by atoms with van der Waals surface area (Å²) >= 11 is 0. The first-order chi connectivity index (χ1) is 7.44. The second kappa shape index (κ2) is 4.64. The zero-order valence-electron chi connectivity index (χ0n) is 11.5.